The van der Waals surface area contributed by atoms with Crippen LogP contribution in [0.5, 0.6) is 5.75 Å². The molecule has 2 aromatic rings. The minimum Gasteiger partial charge on any atom is -0.485 e. The largest absolute Gasteiger partial charge is 0.485 e. The smallest absolute Gasteiger partial charge is 0.252 e. The topological polar surface area (TPSA) is 112 Å². The van der Waals surface area contributed by atoms with Crippen LogP contribution in [0.2, 0.25) is 0 Å². The lowest BCUT2D eigenvalue weighted by Gasteiger charge is -2.17. The van der Waals surface area contributed by atoms with E-state index >= 15 is 0 Å². The van der Waals surface area contributed by atoms with Crippen LogP contribution in [-0.4, -0.2) is 48.7 Å². The molecule has 3 rings (SSSR count). The molecule has 0 saturated carbocycles. The number of nitrogens with zero attached hydrogens (tertiary/aromatic N) is 2. The standard InChI is InChI=1S/C20H25N3O5S/c1-13-10-16(14(2)22(13)3)18(24)12-28-19-7-6-15(11-17(19)20(21)25)29(26,27)23-8-4-5-9-23/h6-7,10-11H,4-5,8-9,12H2,1-3H3,(H2,21,25). The number of carbonyl (C=O) groups excluding carboxylic acids is 2. The van der Waals surface area contributed by atoms with Gasteiger partial charge in [-0.1, -0.05) is 0 Å². The number of benzene rings is 1. The molecule has 1 amide bonds. The van der Waals surface area contributed by atoms with Gasteiger partial charge in [0.1, 0.15) is 5.75 Å². The average molecular weight is 420 g/mol. The Balaban J connectivity index is 1.83. The Labute approximate surface area is 170 Å². The molecule has 0 atom stereocenters. The van der Waals surface area contributed by atoms with Crippen LogP contribution in [0.15, 0.2) is 29.2 Å². The minimum absolute atomic E-state index is 0.0126. The lowest BCUT2D eigenvalue weighted by Crippen LogP contribution is -2.28. The maximum atomic E-state index is 12.7. The van der Waals surface area contributed by atoms with Gasteiger partial charge in [-0.05, 0) is 51.0 Å². The highest BCUT2D eigenvalue weighted by atomic mass is 32.2. The van der Waals surface area contributed by atoms with E-state index in [0.29, 0.717) is 18.7 Å². The summed E-state index contributed by atoms with van der Waals surface area (Å²) in [6, 6.07) is 5.74. The molecule has 1 saturated heterocycles. The van der Waals surface area contributed by atoms with Gasteiger partial charge in [0.25, 0.3) is 5.91 Å². The van der Waals surface area contributed by atoms with Gasteiger partial charge in [-0.25, -0.2) is 8.42 Å². The van der Waals surface area contributed by atoms with Crippen LogP contribution in [0.3, 0.4) is 0 Å². The quantitative estimate of drug-likeness (QED) is 0.688. The van der Waals surface area contributed by atoms with E-state index in [1.165, 1.54) is 22.5 Å². The second kappa shape index (κ2) is 8.00. The van der Waals surface area contributed by atoms with Crippen LogP contribution in [0.1, 0.15) is 44.9 Å². The van der Waals surface area contributed by atoms with Crippen molar-refractivity contribution >= 4 is 21.7 Å². The molecule has 9 heteroatoms. The third-order valence-corrected chi connectivity index (χ3v) is 7.25. The Morgan fingerprint density at radius 2 is 1.76 bits per heavy atom. The number of hydrogen-bond donors (Lipinski definition) is 1. The summed E-state index contributed by atoms with van der Waals surface area (Å²) in [5, 5.41) is 0. The molecular formula is C20H25N3O5S. The highest BCUT2D eigenvalue weighted by Crippen LogP contribution is 2.27. The molecule has 0 unspecified atom stereocenters. The van der Waals surface area contributed by atoms with Crippen molar-refractivity contribution in [3.63, 3.8) is 0 Å². The third-order valence-electron chi connectivity index (χ3n) is 5.35. The predicted octanol–water partition coefficient (Wildman–Crippen LogP) is 1.79. The van der Waals surface area contributed by atoms with Gasteiger partial charge in [0.2, 0.25) is 15.8 Å². The van der Waals surface area contributed by atoms with Gasteiger partial charge in [-0.3, -0.25) is 9.59 Å². The monoisotopic (exact) mass is 419 g/mol. The highest BCUT2D eigenvalue weighted by Gasteiger charge is 2.28. The third kappa shape index (κ3) is 4.06. The van der Waals surface area contributed by atoms with E-state index < -0.39 is 15.9 Å². The second-order valence-corrected chi connectivity index (χ2v) is 9.13. The maximum absolute atomic E-state index is 12.7. The molecule has 156 valence electrons. The molecular weight excluding hydrogens is 394 g/mol. The first-order valence-corrected chi connectivity index (χ1v) is 10.8. The molecule has 0 radical (unpaired) electrons. The number of ketones is 1. The molecule has 29 heavy (non-hydrogen) atoms. The molecule has 0 bridgehead atoms. The lowest BCUT2D eigenvalue weighted by atomic mass is 10.1. The molecule has 0 spiro atoms. The zero-order valence-corrected chi connectivity index (χ0v) is 17.6. The molecule has 2 N–H and O–H groups in total. The highest BCUT2D eigenvalue weighted by molar-refractivity contribution is 7.89. The van der Waals surface area contributed by atoms with Gasteiger partial charge in [-0.2, -0.15) is 4.31 Å². The van der Waals surface area contributed by atoms with Gasteiger partial charge >= 0.3 is 0 Å². The number of nitrogens with two attached hydrogens (primary N) is 1. The fraction of sp³-hybridized carbons (Fsp3) is 0.400. The number of primary amides is 1. The summed E-state index contributed by atoms with van der Waals surface area (Å²) in [5.41, 5.74) is 7.66. The zero-order valence-electron chi connectivity index (χ0n) is 16.8. The van der Waals surface area contributed by atoms with E-state index in [-0.39, 0.29) is 28.6 Å². The van der Waals surface area contributed by atoms with Crippen molar-refractivity contribution in [2.45, 2.75) is 31.6 Å². The van der Waals surface area contributed by atoms with Crippen LogP contribution >= 0.6 is 0 Å². The van der Waals surface area contributed by atoms with E-state index in [4.69, 9.17) is 10.5 Å². The Bertz CT molecular complexity index is 1070. The molecule has 0 aliphatic carbocycles. The number of rotatable bonds is 7. The SMILES string of the molecule is Cc1cc(C(=O)COc2ccc(S(=O)(=O)N3CCCC3)cc2C(N)=O)c(C)n1C. The Hall–Kier alpha value is -2.65. The van der Waals surface area contributed by atoms with Gasteiger partial charge in [0.05, 0.1) is 10.5 Å². The van der Waals surface area contributed by atoms with Crippen molar-refractivity contribution in [2.75, 3.05) is 19.7 Å². The number of carbonyl (C=O) groups is 2. The number of amides is 1. The summed E-state index contributed by atoms with van der Waals surface area (Å²) in [4.78, 5) is 24.4. The molecule has 8 nitrogen and oxygen atoms in total. The fourth-order valence-electron chi connectivity index (χ4n) is 3.42. The summed E-state index contributed by atoms with van der Waals surface area (Å²) < 4.78 is 34.3. The van der Waals surface area contributed by atoms with E-state index in [9.17, 15) is 18.0 Å². The van der Waals surface area contributed by atoms with E-state index in [0.717, 1.165) is 24.2 Å². The van der Waals surface area contributed by atoms with Crippen LogP contribution in [0.4, 0.5) is 0 Å². The van der Waals surface area contributed by atoms with Crippen molar-refractivity contribution in [1.82, 2.24) is 8.87 Å². The minimum atomic E-state index is -3.69. The van der Waals surface area contributed by atoms with Crippen LogP contribution in [-0.2, 0) is 17.1 Å². The Morgan fingerprint density at radius 1 is 1.10 bits per heavy atom. The van der Waals surface area contributed by atoms with E-state index in [1.54, 1.807) is 6.07 Å². The second-order valence-electron chi connectivity index (χ2n) is 7.19. The molecule has 1 fully saturated rings. The number of Topliss-reactive ketones (excluding diaryl/α,β-unsaturated/α-hetero) is 1. The van der Waals surface area contributed by atoms with Crippen LogP contribution in [0.25, 0.3) is 0 Å². The molecule has 1 aliphatic rings. The number of hydrogen-bond acceptors (Lipinski definition) is 5. The van der Waals surface area contributed by atoms with Crippen LogP contribution < -0.4 is 10.5 Å². The lowest BCUT2D eigenvalue weighted by molar-refractivity contribution is 0.0911. The molecule has 1 aliphatic heterocycles. The number of aryl methyl sites for hydroxylation is 1. The summed E-state index contributed by atoms with van der Waals surface area (Å²) in [6.45, 7) is 4.36. The Kier molecular flexibility index (Phi) is 5.81. The zero-order chi connectivity index (χ0) is 21.3. The normalized spacial score (nSPS) is 14.9. The maximum Gasteiger partial charge on any atom is 0.252 e. The van der Waals surface area contributed by atoms with Gasteiger partial charge in [-0.15, -0.1) is 0 Å². The van der Waals surface area contributed by atoms with E-state index in [1.807, 2.05) is 25.5 Å². The molecule has 1 aromatic heterocycles. The van der Waals surface area contributed by atoms with Crippen LogP contribution in [0, 0.1) is 13.8 Å². The first-order chi connectivity index (χ1) is 13.6. The van der Waals surface area contributed by atoms with Crippen molar-refractivity contribution < 1.29 is 22.7 Å². The van der Waals surface area contributed by atoms with Gasteiger partial charge < -0.3 is 15.0 Å². The van der Waals surface area contributed by atoms with Gasteiger partial charge in [0.15, 0.2) is 6.61 Å². The number of ether oxygens (including phenoxy) is 1. The first-order valence-electron chi connectivity index (χ1n) is 9.36. The first kappa shape index (κ1) is 21.1. The van der Waals surface area contributed by atoms with Crippen molar-refractivity contribution in [2.24, 2.45) is 12.8 Å². The number of aromatic nitrogens is 1. The van der Waals surface area contributed by atoms with E-state index in [2.05, 4.69) is 0 Å². The fourth-order valence-corrected chi connectivity index (χ4v) is 4.97. The van der Waals surface area contributed by atoms with Crippen molar-refractivity contribution in [1.29, 1.82) is 0 Å². The van der Waals surface area contributed by atoms with Crippen molar-refractivity contribution in [3.05, 3.63) is 46.8 Å². The average Bonchev–Trinajstić information content (AvgIpc) is 3.31. The molecule has 1 aromatic carbocycles. The molecule has 2 heterocycles. The van der Waals surface area contributed by atoms with Crippen molar-refractivity contribution in [3.8, 4) is 5.75 Å². The van der Waals surface area contributed by atoms with Gasteiger partial charge in [0, 0.05) is 37.1 Å². The summed E-state index contributed by atoms with van der Waals surface area (Å²) in [7, 11) is -1.82. The summed E-state index contributed by atoms with van der Waals surface area (Å²) in [5.74, 6) is -0.982. The summed E-state index contributed by atoms with van der Waals surface area (Å²) >= 11 is 0. The Morgan fingerprint density at radius 3 is 2.31 bits per heavy atom. The number of sulfonamides is 1. The summed E-state index contributed by atoms with van der Waals surface area (Å²) in [6.07, 6.45) is 1.62. The predicted molar refractivity (Wildman–Crippen MR) is 108 cm³/mol.